The van der Waals surface area contributed by atoms with Gasteiger partial charge in [0.1, 0.15) is 17.3 Å². The lowest BCUT2D eigenvalue weighted by atomic mass is 10.1. The maximum atomic E-state index is 12.4. The van der Waals surface area contributed by atoms with Gasteiger partial charge in [-0.1, -0.05) is 0 Å². The maximum absolute atomic E-state index is 12.4. The molecule has 3 rings (SSSR count). The number of carbonyl (C=O) groups is 2. The Morgan fingerprint density at radius 3 is 3.04 bits per heavy atom. The number of furan rings is 1. The second-order valence-electron chi connectivity index (χ2n) is 6.46. The first kappa shape index (κ1) is 18.9. The van der Waals surface area contributed by atoms with Crippen LogP contribution in [0.25, 0.3) is 0 Å². The highest BCUT2D eigenvalue weighted by Gasteiger charge is 2.32. The molecule has 0 saturated carbocycles. The summed E-state index contributed by atoms with van der Waals surface area (Å²) in [5, 5.41) is 5.65. The van der Waals surface area contributed by atoms with Crippen molar-refractivity contribution in [2.24, 2.45) is 0 Å². The van der Waals surface area contributed by atoms with Gasteiger partial charge in [-0.2, -0.15) is 0 Å². The molecule has 0 spiro atoms. The van der Waals surface area contributed by atoms with Crippen LogP contribution in [-0.4, -0.2) is 47.9 Å². The molecule has 144 valence electrons. The third kappa shape index (κ3) is 5.07. The number of rotatable bonds is 7. The predicted molar refractivity (Wildman–Crippen MR) is 97.9 cm³/mol. The van der Waals surface area contributed by atoms with E-state index in [0.29, 0.717) is 31.1 Å². The van der Waals surface area contributed by atoms with Crippen molar-refractivity contribution in [2.45, 2.75) is 32.5 Å². The van der Waals surface area contributed by atoms with E-state index < -0.39 is 6.04 Å². The van der Waals surface area contributed by atoms with Crippen molar-refractivity contribution in [3.05, 3.63) is 47.7 Å². The molecule has 8 heteroatoms. The number of piperazine rings is 1. The summed E-state index contributed by atoms with van der Waals surface area (Å²) in [6.45, 7) is 3.88. The van der Waals surface area contributed by atoms with E-state index in [1.165, 1.54) is 0 Å². The lowest BCUT2D eigenvalue weighted by molar-refractivity contribution is -0.134. The van der Waals surface area contributed by atoms with Crippen molar-refractivity contribution in [3.63, 3.8) is 0 Å². The topological polar surface area (TPSA) is 96.7 Å². The zero-order valence-electron chi connectivity index (χ0n) is 15.5. The standard InChI is InChI=1S/C19H24N4O4/c1-13-3-4-16(27-13)12-23-8-7-21-19(25)17(23)10-18(24)22-11-14-9-15(26-2)5-6-20-14/h3-6,9,17H,7-8,10-12H2,1-2H3,(H,21,25)(H,22,24)/t17-/m1/s1. The molecule has 1 fully saturated rings. The van der Waals surface area contributed by atoms with Crippen LogP contribution in [-0.2, 0) is 22.7 Å². The quantitative estimate of drug-likeness (QED) is 0.753. The third-order valence-electron chi connectivity index (χ3n) is 4.47. The van der Waals surface area contributed by atoms with Gasteiger partial charge in [-0.3, -0.25) is 19.5 Å². The van der Waals surface area contributed by atoms with Gasteiger partial charge in [0.25, 0.3) is 0 Å². The fraction of sp³-hybridized carbons (Fsp3) is 0.421. The normalized spacial score (nSPS) is 17.4. The Bertz CT molecular complexity index is 805. The van der Waals surface area contributed by atoms with Crippen LogP contribution in [0.1, 0.15) is 23.6 Å². The molecule has 0 aliphatic carbocycles. The molecule has 2 N–H and O–H groups in total. The van der Waals surface area contributed by atoms with Crippen LogP contribution in [0, 0.1) is 6.92 Å². The number of hydrogen-bond acceptors (Lipinski definition) is 6. The summed E-state index contributed by atoms with van der Waals surface area (Å²) >= 11 is 0. The molecule has 1 saturated heterocycles. The number of methoxy groups -OCH3 is 1. The summed E-state index contributed by atoms with van der Waals surface area (Å²) in [6.07, 6.45) is 1.71. The van der Waals surface area contributed by atoms with Gasteiger partial charge in [0.05, 0.1) is 38.4 Å². The maximum Gasteiger partial charge on any atom is 0.237 e. The zero-order valence-corrected chi connectivity index (χ0v) is 15.5. The van der Waals surface area contributed by atoms with Crippen molar-refractivity contribution in [1.29, 1.82) is 0 Å². The monoisotopic (exact) mass is 372 g/mol. The van der Waals surface area contributed by atoms with Gasteiger partial charge in [-0.15, -0.1) is 0 Å². The number of nitrogens with one attached hydrogen (secondary N) is 2. The first-order valence-corrected chi connectivity index (χ1v) is 8.88. The largest absolute Gasteiger partial charge is 0.497 e. The second-order valence-corrected chi connectivity index (χ2v) is 6.46. The van der Waals surface area contributed by atoms with Crippen molar-refractivity contribution < 1.29 is 18.7 Å². The fourth-order valence-electron chi connectivity index (χ4n) is 3.06. The number of hydrogen-bond donors (Lipinski definition) is 2. The minimum Gasteiger partial charge on any atom is -0.497 e. The lowest BCUT2D eigenvalue weighted by Crippen LogP contribution is -2.56. The van der Waals surface area contributed by atoms with E-state index in [2.05, 4.69) is 15.6 Å². The summed E-state index contributed by atoms with van der Waals surface area (Å²) in [7, 11) is 1.58. The van der Waals surface area contributed by atoms with E-state index in [4.69, 9.17) is 9.15 Å². The van der Waals surface area contributed by atoms with Gasteiger partial charge < -0.3 is 19.8 Å². The highest BCUT2D eigenvalue weighted by molar-refractivity contribution is 5.88. The molecule has 1 atom stereocenters. The first-order chi connectivity index (χ1) is 13.0. The van der Waals surface area contributed by atoms with Gasteiger partial charge in [0.2, 0.25) is 11.8 Å². The summed E-state index contributed by atoms with van der Waals surface area (Å²) in [6, 6.07) is 6.77. The van der Waals surface area contributed by atoms with E-state index in [9.17, 15) is 9.59 Å². The van der Waals surface area contributed by atoms with Crippen molar-refractivity contribution in [3.8, 4) is 5.75 Å². The fourth-order valence-corrected chi connectivity index (χ4v) is 3.06. The Morgan fingerprint density at radius 2 is 2.30 bits per heavy atom. The zero-order chi connectivity index (χ0) is 19.2. The lowest BCUT2D eigenvalue weighted by Gasteiger charge is -2.34. The Balaban J connectivity index is 1.58. The number of ether oxygens (including phenoxy) is 1. The molecular weight excluding hydrogens is 348 g/mol. The molecule has 2 amide bonds. The van der Waals surface area contributed by atoms with Crippen molar-refractivity contribution in [1.82, 2.24) is 20.5 Å². The van der Waals surface area contributed by atoms with Crippen molar-refractivity contribution in [2.75, 3.05) is 20.2 Å². The summed E-state index contributed by atoms with van der Waals surface area (Å²) in [4.78, 5) is 30.9. The Labute approximate surface area is 157 Å². The minimum atomic E-state index is -0.526. The average molecular weight is 372 g/mol. The summed E-state index contributed by atoms with van der Waals surface area (Å²) in [5.74, 6) is 1.95. The SMILES string of the molecule is COc1ccnc(CNC(=O)C[C@@H]2C(=O)NCCN2Cc2ccc(C)o2)c1. The second kappa shape index (κ2) is 8.68. The average Bonchev–Trinajstić information content (AvgIpc) is 3.08. The van der Waals surface area contributed by atoms with Crippen LogP contribution < -0.4 is 15.4 Å². The number of carbonyl (C=O) groups excluding carboxylic acids is 2. The smallest absolute Gasteiger partial charge is 0.237 e. The van der Waals surface area contributed by atoms with E-state index in [1.54, 1.807) is 25.4 Å². The van der Waals surface area contributed by atoms with Crippen LogP contribution in [0.5, 0.6) is 5.75 Å². The molecule has 0 bridgehead atoms. The third-order valence-corrected chi connectivity index (χ3v) is 4.47. The summed E-state index contributed by atoms with van der Waals surface area (Å²) in [5.41, 5.74) is 0.693. The van der Waals surface area contributed by atoms with Gasteiger partial charge in [-0.05, 0) is 25.1 Å². The predicted octanol–water partition coefficient (Wildman–Crippen LogP) is 0.999. The van der Waals surface area contributed by atoms with E-state index >= 15 is 0 Å². The molecule has 27 heavy (non-hydrogen) atoms. The van der Waals surface area contributed by atoms with Crippen LogP contribution in [0.4, 0.5) is 0 Å². The van der Waals surface area contributed by atoms with Crippen LogP contribution in [0.3, 0.4) is 0 Å². The summed E-state index contributed by atoms with van der Waals surface area (Å²) < 4.78 is 10.8. The molecule has 0 unspecified atom stereocenters. The Kier molecular flexibility index (Phi) is 6.08. The number of pyridine rings is 1. The number of aryl methyl sites for hydroxylation is 1. The van der Waals surface area contributed by atoms with E-state index in [0.717, 1.165) is 11.5 Å². The number of nitrogens with zero attached hydrogens (tertiary/aromatic N) is 2. The van der Waals surface area contributed by atoms with Crippen LogP contribution in [0.15, 0.2) is 34.9 Å². The number of amides is 2. The van der Waals surface area contributed by atoms with Gasteiger partial charge in [0.15, 0.2) is 0 Å². The molecule has 0 aromatic carbocycles. The Morgan fingerprint density at radius 1 is 1.44 bits per heavy atom. The van der Waals surface area contributed by atoms with Gasteiger partial charge in [0, 0.05) is 25.4 Å². The highest BCUT2D eigenvalue weighted by Crippen LogP contribution is 2.16. The molecule has 8 nitrogen and oxygen atoms in total. The highest BCUT2D eigenvalue weighted by atomic mass is 16.5. The van der Waals surface area contributed by atoms with Crippen molar-refractivity contribution >= 4 is 11.8 Å². The van der Waals surface area contributed by atoms with Crippen LogP contribution in [0.2, 0.25) is 0 Å². The first-order valence-electron chi connectivity index (χ1n) is 8.88. The Hall–Kier alpha value is -2.87. The molecular formula is C19H24N4O4. The molecule has 0 radical (unpaired) electrons. The van der Waals surface area contributed by atoms with E-state index in [-0.39, 0.29) is 24.8 Å². The van der Waals surface area contributed by atoms with E-state index in [1.807, 2.05) is 24.0 Å². The molecule has 1 aliphatic rings. The molecule has 2 aromatic rings. The number of aromatic nitrogens is 1. The van der Waals surface area contributed by atoms with Crippen LogP contribution >= 0.6 is 0 Å². The van der Waals surface area contributed by atoms with Gasteiger partial charge >= 0.3 is 0 Å². The van der Waals surface area contributed by atoms with Gasteiger partial charge in [-0.25, -0.2) is 0 Å². The molecule has 1 aliphatic heterocycles. The minimum absolute atomic E-state index is 0.0789. The molecule has 3 heterocycles. The molecule has 2 aromatic heterocycles.